The van der Waals surface area contributed by atoms with Crippen molar-refractivity contribution in [2.24, 2.45) is 0 Å². The second-order valence-corrected chi connectivity index (χ2v) is 4.84. The number of piperazine rings is 1. The first kappa shape index (κ1) is 12.3. The molecule has 1 aliphatic rings. The number of nitrogens with one attached hydrogen (secondary N) is 1. The summed E-state index contributed by atoms with van der Waals surface area (Å²) in [5.74, 6) is 1.31. The lowest BCUT2D eigenvalue weighted by atomic mass is 10.1. The lowest BCUT2D eigenvalue weighted by Crippen LogP contribution is -2.42. The van der Waals surface area contributed by atoms with E-state index in [1.807, 2.05) is 18.2 Å². The van der Waals surface area contributed by atoms with Crippen LogP contribution in [-0.2, 0) is 6.54 Å². The second-order valence-electron chi connectivity index (χ2n) is 4.84. The van der Waals surface area contributed by atoms with Gasteiger partial charge in [-0.05, 0) is 18.6 Å². The molecule has 1 fully saturated rings. The van der Waals surface area contributed by atoms with E-state index in [9.17, 15) is 0 Å². The van der Waals surface area contributed by atoms with Crippen molar-refractivity contribution in [1.82, 2.24) is 20.4 Å². The normalized spacial score (nSPS) is 16.7. The molecule has 100 valence electrons. The van der Waals surface area contributed by atoms with E-state index < -0.39 is 0 Å². The van der Waals surface area contributed by atoms with E-state index in [1.165, 1.54) is 0 Å². The quantitative estimate of drug-likeness (QED) is 0.903. The van der Waals surface area contributed by atoms with Gasteiger partial charge in [-0.15, -0.1) is 10.2 Å². The number of benzene rings is 1. The number of rotatable bonds is 3. The molecule has 1 saturated heterocycles. The highest BCUT2D eigenvalue weighted by Gasteiger charge is 2.15. The lowest BCUT2D eigenvalue weighted by Gasteiger charge is -2.25. The highest BCUT2D eigenvalue weighted by Crippen LogP contribution is 2.21. The van der Waals surface area contributed by atoms with Crippen LogP contribution in [0.4, 0.5) is 0 Å². The Morgan fingerprint density at radius 2 is 2.00 bits per heavy atom. The summed E-state index contributed by atoms with van der Waals surface area (Å²) in [5, 5.41) is 11.6. The summed E-state index contributed by atoms with van der Waals surface area (Å²) in [6, 6.07) is 8.06. The monoisotopic (exact) mass is 258 g/mol. The average Bonchev–Trinajstić information content (AvgIpc) is 2.89. The van der Waals surface area contributed by atoms with Gasteiger partial charge in [0.1, 0.15) is 0 Å². The summed E-state index contributed by atoms with van der Waals surface area (Å²) in [6.07, 6.45) is 0. The maximum atomic E-state index is 5.77. The molecule has 0 radical (unpaired) electrons. The zero-order valence-electron chi connectivity index (χ0n) is 11.1. The van der Waals surface area contributed by atoms with E-state index in [-0.39, 0.29) is 0 Å². The molecule has 1 aromatic heterocycles. The minimum Gasteiger partial charge on any atom is -0.419 e. The third-order valence-corrected chi connectivity index (χ3v) is 3.41. The zero-order valence-corrected chi connectivity index (χ0v) is 11.1. The number of aromatic nitrogens is 2. The molecule has 0 aliphatic carbocycles. The third-order valence-electron chi connectivity index (χ3n) is 3.41. The van der Waals surface area contributed by atoms with Crippen molar-refractivity contribution in [1.29, 1.82) is 0 Å². The molecule has 1 aliphatic heterocycles. The summed E-state index contributed by atoms with van der Waals surface area (Å²) < 4.78 is 5.77. The molecular weight excluding hydrogens is 240 g/mol. The van der Waals surface area contributed by atoms with Gasteiger partial charge in [0.25, 0.3) is 0 Å². The van der Waals surface area contributed by atoms with Gasteiger partial charge in [-0.1, -0.05) is 18.2 Å². The number of nitrogens with zero attached hydrogens (tertiary/aromatic N) is 3. The largest absolute Gasteiger partial charge is 0.419 e. The molecule has 5 heteroatoms. The number of hydrogen-bond donors (Lipinski definition) is 1. The predicted molar refractivity (Wildman–Crippen MR) is 72.6 cm³/mol. The zero-order chi connectivity index (χ0) is 13.1. The Balaban J connectivity index is 1.74. The molecule has 0 atom stereocenters. The lowest BCUT2D eigenvalue weighted by molar-refractivity contribution is 0.213. The minimum absolute atomic E-state index is 0.614. The van der Waals surface area contributed by atoms with Crippen LogP contribution in [0.25, 0.3) is 11.5 Å². The van der Waals surface area contributed by atoms with Crippen LogP contribution in [0.15, 0.2) is 28.7 Å². The molecule has 0 bridgehead atoms. The molecule has 5 nitrogen and oxygen atoms in total. The van der Waals surface area contributed by atoms with Crippen molar-refractivity contribution in [3.05, 3.63) is 35.7 Å². The molecular formula is C14H18N4O. The van der Waals surface area contributed by atoms with Crippen LogP contribution >= 0.6 is 0 Å². The van der Waals surface area contributed by atoms with Crippen molar-refractivity contribution in [2.75, 3.05) is 26.2 Å². The first-order valence-corrected chi connectivity index (χ1v) is 6.64. The summed E-state index contributed by atoms with van der Waals surface area (Å²) >= 11 is 0. The first-order valence-electron chi connectivity index (χ1n) is 6.64. The topological polar surface area (TPSA) is 54.2 Å². The van der Waals surface area contributed by atoms with Crippen LogP contribution in [0.2, 0.25) is 0 Å². The van der Waals surface area contributed by atoms with Gasteiger partial charge in [0.15, 0.2) is 0 Å². The van der Waals surface area contributed by atoms with Gasteiger partial charge in [-0.25, -0.2) is 0 Å². The fourth-order valence-corrected chi connectivity index (χ4v) is 2.30. The Hall–Kier alpha value is -1.72. The number of hydrogen-bond acceptors (Lipinski definition) is 5. The van der Waals surface area contributed by atoms with E-state index in [4.69, 9.17) is 4.42 Å². The van der Waals surface area contributed by atoms with Crippen LogP contribution in [0.3, 0.4) is 0 Å². The van der Waals surface area contributed by atoms with E-state index in [2.05, 4.69) is 33.4 Å². The minimum atomic E-state index is 0.614. The van der Waals surface area contributed by atoms with Crippen molar-refractivity contribution in [3.8, 4) is 11.5 Å². The van der Waals surface area contributed by atoms with Crippen LogP contribution in [0.5, 0.6) is 0 Å². The summed E-state index contributed by atoms with van der Waals surface area (Å²) in [6.45, 7) is 6.90. The fourth-order valence-electron chi connectivity index (χ4n) is 2.30. The van der Waals surface area contributed by atoms with Crippen LogP contribution in [-0.4, -0.2) is 41.3 Å². The Labute approximate surface area is 112 Å². The van der Waals surface area contributed by atoms with Gasteiger partial charge < -0.3 is 9.73 Å². The van der Waals surface area contributed by atoms with Crippen LogP contribution < -0.4 is 5.32 Å². The Kier molecular flexibility index (Phi) is 3.57. The molecule has 2 aromatic rings. The molecule has 3 rings (SSSR count). The van der Waals surface area contributed by atoms with Crippen LogP contribution in [0, 0.1) is 6.92 Å². The van der Waals surface area contributed by atoms with Gasteiger partial charge in [0, 0.05) is 31.7 Å². The van der Waals surface area contributed by atoms with Crippen molar-refractivity contribution in [3.63, 3.8) is 0 Å². The van der Waals surface area contributed by atoms with Crippen molar-refractivity contribution >= 4 is 0 Å². The summed E-state index contributed by atoms with van der Waals surface area (Å²) in [4.78, 5) is 2.33. The van der Waals surface area contributed by atoms with E-state index in [0.29, 0.717) is 11.8 Å². The van der Waals surface area contributed by atoms with E-state index in [1.54, 1.807) is 0 Å². The number of aryl methyl sites for hydroxylation is 1. The van der Waals surface area contributed by atoms with Gasteiger partial charge >= 0.3 is 0 Å². The Morgan fingerprint density at radius 3 is 2.79 bits per heavy atom. The van der Waals surface area contributed by atoms with Crippen molar-refractivity contribution < 1.29 is 4.42 Å². The van der Waals surface area contributed by atoms with Gasteiger partial charge in [-0.2, -0.15) is 0 Å². The molecule has 0 unspecified atom stereocenters. The molecule has 0 saturated carbocycles. The molecule has 0 spiro atoms. The maximum absolute atomic E-state index is 5.77. The van der Waals surface area contributed by atoms with E-state index in [0.717, 1.165) is 43.9 Å². The smallest absolute Gasteiger partial charge is 0.248 e. The Morgan fingerprint density at radius 1 is 1.21 bits per heavy atom. The summed E-state index contributed by atoms with van der Waals surface area (Å²) in [5.41, 5.74) is 2.17. The molecule has 2 heterocycles. The highest BCUT2D eigenvalue weighted by atomic mass is 16.4. The van der Waals surface area contributed by atoms with Crippen molar-refractivity contribution in [2.45, 2.75) is 13.5 Å². The second kappa shape index (κ2) is 5.50. The maximum Gasteiger partial charge on any atom is 0.248 e. The highest BCUT2D eigenvalue weighted by molar-refractivity contribution is 5.57. The molecule has 0 amide bonds. The molecule has 1 N–H and O–H groups in total. The first-order chi connectivity index (χ1) is 9.33. The van der Waals surface area contributed by atoms with Gasteiger partial charge in [0.2, 0.25) is 11.8 Å². The molecule has 1 aromatic carbocycles. The standard InChI is InChI=1S/C14H18N4O/c1-11-4-2-3-5-12(11)14-17-16-13(19-14)10-18-8-6-15-7-9-18/h2-5,15H,6-10H2,1H3. The predicted octanol–water partition coefficient (Wildman–Crippen LogP) is 1.45. The van der Waals surface area contributed by atoms with Gasteiger partial charge in [-0.3, -0.25) is 4.90 Å². The average molecular weight is 258 g/mol. The fraction of sp³-hybridized carbons (Fsp3) is 0.429. The van der Waals surface area contributed by atoms with E-state index >= 15 is 0 Å². The molecule has 19 heavy (non-hydrogen) atoms. The Bertz CT molecular complexity index is 546. The SMILES string of the molecule is Cc1ccccc1-c1nnc(CN2CCNCC2)o1. The third kappa shape index (κ3) is 2.83. The van der Waals surface area contributed by atoms with Crippen LogP contribution in [0.1, 0.15) is 11.5 Å². The van der Waals surface area contributed by atoms with Gasteiger partial charge in [0.05, 0.1) is 6.54 Å². The summed E-state index contributed by atoms with van der Waals surface area (Å²) in [7, 11) is 0.